The van der Waals surface area contributed by atoms with E-state index in [-0.39, 0.29) is 0 Å². The van der Waals surface area contributed by atoms with E-state index in [0.717, 1.165) is 11.4 Å². The fourth-order valence-electron chi connectivity index (χ4n) is 0.809. The molecule has 0 fully saturated rings. The first kappa shape index (κ1) is 6.49. The van der Waals surface area contributed by atoms with E-state index in [1.165, 1.54) is 11.3 Å². The first-order chi connectivity index (χ1) is 5.47. The number of rotatable bonds is 1. The minimum Gasteiger partial charge on any atom is -0.255 e. The molecule has 0 spiro atoms. The van der Waals surface area contributed by atoms with Crippen molar-refractivity contribution in [1.29, 1.82) is 0 Å². The standard InChI is InChI=1S/C8H5N2S/c1-2-4-9-7(3-1)8-5-11-6-10-8/h1-4,6H. The van der Waals surface area contributed by atoms with E-state index in [9.17, 15) is 0 Å². The highest BCUT2D eigenvalue weighted by Gasteiger charge is 1.97. The van der Waals surface area contributed by atoms with E-state index in [1.807, 2.05) is 18.2 Å². The van der Waals surface area contributed by atoms with E-state index in [4.69, 9.17) is 0 Å². The Morgan fingerprint density at radius 1 is 1.27 bits per heavy atom. The van der Waals surface area contributed by atoms with Crippen LogP contribution in [0.5, 0.6) is 0 Å². The lowest BCUT2D eigenvalue weighted by Crippen LogP contribution is -1.79. The van der Waals surface area contributed by atoms with Crippen LogP contribution in [-0.2, 0) is 0 Å². The largest absolute Gasteiger partial charge is 0.255 e. The van der Waals surface area contributed by atoms with Gasteiger partial charge in [-0.25, -0.2) is 4.98 Å². The van der Waals surface area contributed by atoms with E-state index in [1.54, 1.807) is 11.7 Å². The molecule has 0 N–H and O–H groups in total. The van der Waals surface area contributed by atoms with Gasteiger partial charge in [-0.1, -0.05) is 6.07 Å². The molecule has 11 heavy (non-hydrogen) atoms. The first-order valence-corrected chi connectivity index (χ1v) is 4.07. The first-order valence-electron chi connectivity index (χ1n) is 3.19. The Morgan fingerprint density at radius 3 is 2.91 bits per heavy atom. The Morgan fingerprint density at radius 2 is 2.27 bits per heavy atom. The molecule has 53 valence electrons. The summed E-state index contributed by atoms with van der Waals surface area (Å²) in [7, 11) is 0. The molecule has 0 saturated heterocycles. The fourth-order valence-corrected chi connectivity index (χ4v) is 1.29. The molecule has 2 aromatic heterocycles. The van der Waals surface area contributed by atoms with E-state index < -0.39 is 0 Å². The smallest absolute Gasteiger partial charge is 0.108 e. The summed E-state index contributed by atoms with van der Waals surface area (Å²) < 4.78 is 0. The Balaban J connectivity index is 2.46. The van der Waals surface area contributed by atoms with Crippen molar-refractivity contribution in [3.63, 3.8) is 0 Å². The Bertz CT molecular complexity index is 315. The highest BCUT2D eigenvalue weighted by molar-refractivity contribution is 7.07. The summed E-state index contributed by atoms with van der Waals surface area (Å²) in [6.07, 6.45) is 1.75. The van der Waals surface area contributed by atoms with Gasteiger partial charge in [0.2, 0.25) is 0 Å². The van der Waals surface area contributed by atoms with E-state index >= 15 is 0 Å². The van der Waals surface area contributed by atoms with Crippen LogP contribution in [0.3, 0.4) is 0 Å². The molecule has 0 aliphatic heterocycles. The van der Waals surface area contributed by atoms with Crippen molar-refractivity contribution in [3.05, 3.63) is 35.3 Å². The second-order valence-electron chi connectivity index (χ2n) is 2.02. The van der Waals surface area contributed by atoms with Gasteiger partial charge in [-0.2, -0.15) is 0 Å². The fraction of sp³-hybridized carbons (Fsp3) is 0. The van der Waals surface area contributed by atoms with Crippen LogP contribution in [0.2, 0.25) is 0 Å². The molecule has 2 aromatic rings. The molecule has 2 rings (SSSR count). The summed E-state index contributed by atoms with van der Waals surface area (Å²) in [5.41, 5.74) is 3.47. The monoisotopic (exact) mass is 161 g/mol. The third kappa shape index (κ3) is 1.28. The van der Waals surface area contributed by atoms with Crippen LogP contribution in [0.1, 0.15) is 0 Å². The molecule has 1 radical (unpaired) electrons. The van der Waals surface area contributed by atoms with Crippen LogP contribution in [0.25, 0.3) is 11.4 Å². The number of hydrogen-bond acceptors (Lipinski definition) is 3. The highest BCUT2D eigenvalue weighted by Crippen LogP contribution is 2.13. The number of thiazole rings is 1. The molecule has 0 aliphatic carbocycles. The van der Waals surface area contributed by atoms with Crippen molar-refractivity contribution in [1.82, 2.24) is 9.97 Å². The molecular formula is C8H5N2S. The molecular weight excluding hydrogens is 156 g/mol. The van der Waals surface area contributed by atoms with Crippen LogP contribution < -0.4 is 0 Å². The average Bonchev–Trinajstić information content (AvgIpc) is 2.58. The van der Waals surface area contributed by atoms with Crippen molar-refractivity contribution in [2.75, 3.05) is 0 Å². The van der Waals surface area contributed by atoms with Gasteiger partial charge in [0.25, 0.3) is 0 Å². The third-order valence-corrected chi connectivity index (χ3v) is 1.82. The van der Waals surface area contributed by atoms with E-state index in [0.29, 0.717) is 0 Å². The normalized spacial score (nSPS) is 9.82. The van der Waals surface area contributed by atoms with Crippen LogP contribution >= 0.6 is 11.3 Å². The lowest BCUT2D eigenvalue weighted by molar-refractivity contribution is 1.28. The quantitative estimate of drug-likeness (QED) is 0.639. The van der Waals surface area contributed by atoms with Gasteiger partial charge < -0.3 is 0 Å². The minimum atomic E-state index is 0.829. The zero-order valence-corrected chi connectivity index (χ0v) is 6.51. The van der Waals surface area contributed by atoms with Crippen LogP contribution in [0.15, 0.2) is 29.9 Å². The van der Waals surface area contributed by atoms with Gasteiger partial charge in [-0.05, 0) is 12.1 Å². The van der Waals surface area contributed by atoms with Gasteiger partial charge in [0, 0.05) is 6.20 Å². The molecule has 0 aromatic carbocycles. The summed E-state index contributed by atoms with van der Waals surface area (Å²) in [5, 5.41) is 3.02. The Labute approximate surface area is 68.6 Å². The number of aromatic nitrogens is 2. The second kappa shape index (κ2) is 2.80. The van der Waals surface area contributed by atoms with E-state index in [2.05, 4.69) is 15.3 Å². The second-order valence-corrected chi connectivity index (χ2v) is 2.67. The molecule has 0 unspecified atom stereocenters. The van der Waals surface area contributed by atoms with Crippen molar-refractivity contribution < 1.29 is 0 Å². The average molecular weight is 161 g/mol. The molecule has 0 bridgehead atoms. The predicted octanol–water partition coefficient (Wildman–Crippen LogP) is 2.01. The van der Waals surface area contributed by atoms with Crippen molar-refractivity contribution in [3.8, 4) is 11.4 Å². The molecule has 0 saturated carbocycles. The van der Waals surface area contributed by atoms with Crippen molar-refractivity contribution in [2.24, 2.45) is 0 Å². The minimum absolute atomic E-state index is 0.829. The number of pyridine rings is 1. The van der Waals surface area contributed by atoms with Crippen molar-refractivity contribution >= 4 is 11.3 Å². The van der Waals surface area contributed by atoms with Crippen molar-refractivity contribution in [2.45, 2.75) is 0 Å². The molecule has 2 nitrogen and oxygen atoms in total. The summed E-state index contributed by atoms with van der Waals surface area (Å²) in [4.78, 5) is 8.22. The Hall–Kier alpha value is -1.22. The van der Waals surface area contributed by atoms with Crippen LogP contribution in [0.4, 0.5) is 0 Å². The van der Waals surface area contributed by atoms with Crippen LogP contribution in [-0.4, -0.2) is 9.97 Å². The maximum Gasteiger partial charge on any atom is 0.108 e. The maximum absolute atomic E-state index is 4.13. The van der Waals surface area contributed by atoms with Gasteiger partial charge in [-0.3, -0.25) is 4.98 Å². The maximum atomic E-state index is 4.13. The number of hydrogen-bond donors (Lipinski definition) is 0. The predicted molar refractivity (Wildman–Crippen MR) is 44.2 cm³/mol. The van der Waals surface area contributed by atoms with Gasteiger partial charge in [0.15, 0.2) is 0 Å². The summed E-state index contributed by atoms with van der Waals surface area (Å²) >= 11 is 1.46. The van der Waals surface area contributed by atoms with Gasteiger partial charge >= 0.3 is 0 Å². The van der Waals surface area contributed by atoms with Gasteiger partial charge in [0.05, 0.1) is 16.6 Å². The summed E-state index contributed by atoms with van der Waals surface area (Å²) in [6, 6.07) is 5.75. The molecule has 0 atom stereocenters. The molecule has 3 heteroatoms. The highest BCUT2D eigenvalue weighted by atomic mass is 32.1. The molecule has 0 amide bonds. The zero-order chi connectivity index (χ0) is 7.52. The summed E-state index contributed by atoms with van der Waals surface area (Å²) in [5.74, 6) is 0. The number of nitrogens with zero attached hydrogens (tertiary/aromatic N) is 2. The van der Waals surface area contributed by atoms with Crippen LogP contribution in [0, 0.1) is 5.38 Å². The lowest BCUT2D eigenvalue weighted by atomic mass is 10.3. The Kier molecular flexibility index (Phi) is 1.65. The lowest BCUT2D eigenvalue weighted by Gasteiger charge is -1.90. The SMILES string of the molecule is [c]1scnc1-c1ccccn1. The third-order valence-electron chi connectivity index (χ3n) is 1.30. The molecule has 0 aliphatic rings. The van der Waals surface area contributed by atoms with Gasteiger partial charge in [0.1, 0.15) is 5.69 Å². The summed E-state index contributed by atoms with van der Waals surface area (Å²) in [6.45, 7) is 0. The van der Waals surface area contributed by atoms with Gasteiger partial charge in [-0.15, -0.1) is 11.3 Å². The molecule has 2 heterocycles. The topological polar surface area (TPSA) is 25.8 Å². The zero-order valence-electron chi connectivity index (χ0n) is 5.69.